The van der Waals surface area contributed by atoms with Crippen LogP contribution in [0.2, 0.25) is 0 Å². The summed E-state index contributed by atoms with van der Waals surface area (Å²) in [5, 5.41) is 0. The summed E-state index contributed by atoms with van der Waals surface area (Å²) in [5.74, 6) is 1.44. The molecule has 98 valence electrons. The number of nitrogens with zero attached hydrogens (tertiary/aromatic N) is 1. The summed E-state index contributed by atoms with van der Waals surface area (Å²) in [6.07, 6.45) is 1.57. The van der Waals surface area contributed by atoms with Crippen molar-refractivity contribution in [2.75, 3.05) is 14.2 Å². The van der Waals surface area contributed by atoms with Gasteiger partial charge in [-0.2, -0.15) is 0 Å². The maximum atomic E-state index is 11.2. The van der Waals surface area contributed by atoms with Gasteiger partial charge in [-0.1, -0.05) is 0 Å². The zero-order chi connectivity index (χ0) is 13.8. The second kappa shape index (κ2) is 5.52. The van der Waals surface area contributed by atoms with Crippen LogP contribution in [-0.4, -0.2) is 25.0 Å². The molecule has 0 saturated carbocycles. The van der Waals surface area contributed by atoms with Crippen molar-refractivity contribution in [3.8, 4) is 22.8 Å². The molecule has 4 heteroatoms. The Morgan fingerprint density at radius 3 is 2.42 bits per heavy atom. The van der Waals surface area contributed by atoms with E-state index < -0.39 is 0 Å². The zero-order valence-electron chi connectivity index (χ0n) is 11.1. The molecule has 0 amide bonds. The summed E-state index contributed by atoms with van der Waals surface area (Å²) in [5.41, 5.74) is 2.16. The molecule has 0 unspecified atom stereocenters. The first-order valence-corrected chi connectivity index (χ1v) is 5.85. The lowest BCUT2D eigenvalue weighted by Crippen LogP contribution is -1.95. The Bertz CT molecular complexity index is 591. The van der Waals surface area contributed by atoms with E-state index in [0.29, 0.717) is 11.3 Å². The number of pyridine rings is 1. The second-order valence-electron chi connectivity index (χ2n) is 4.05. The molecule has 2 aromatic rings. The first-order chi connectivity index (χ1) is 9.15. The maximum Gasteiger partial charge on any atom is 0.161 e. The van der Waals surface area contributed by atoms with Crippen LogP contribution in [0.1, 0.15) is 17.3 Å². The van der Waals surface area contributed by atoms with E-state index in [1.807, 2.05) is 18.2 Å². The van der Waals surface area contributed by atoms with Crippen LogP contribution in [0.15, 0.2) is 36.5 Å². The fourth-order valence-electron chi connectivity index (χ4n) is 1.78. The van der Waals surface area contributed by atoms with Gasteiger partial charge < -0.3 is 9.47 Å². The third kappa shape index (κ3) is 2.73. The quantitative estimate of drug-likeness (QED) is 0.790. The van der Waals surface area contributed by atoms with E-state index in [2.05, 4.69) is 4.98 Å². The Balaban J connectivity index is 2.47. The minimum atomic E-state index is -0.00310. The molecule has 0 fully saturated rings. The van der Waals surface area contributed by atoms with E-state index in [9.17, 15) is 4.79 Å². The standard InChI is InChI=1S/C15H15NO3/c1-10(17)11-4-6-14(16-9-11)13-8-12(18-2)5-7-15(13)19-3/h4-9H,1-3H3. The minimum Gasteiger partial charge on any atom is -0.497 e. The third-order valence-electron chi connectivity index (χ3n) is 2.85. The molecule has 0 bridgehead atoms. The molecule has 0 aliphatic heterocycles. The van der Waals surface area contributed by atoms with Gasteiger partial charge in [0.25, 0.3) is 0 Å². The predicted molar refractivity (Wildman–Crippen MR) is 72.8 cm³/mol. The lowest BCUT2D eigenvalue weighted by Gasteiger charge is -2.10. The number of Topliss-reactive ketones (excluding diaryl/α,β-unsaturated/α-hetero) is 1. The third-order valence-corrected chi connectivity index (χ3v) is 2.85. The normalized spacial score (nSPS) is 10.1. The van der Waals surface area contributed by atoms with Gasteiger partial charge in [-0.05, 0) is 37.3 Å². The molecule has 0 saturated heterocycles. The van der Waals surface area contributed by atoms with Crippen molar-refractivity contribution in [1.82, 2.24) is 4.98 Å². The van der Waals surface area contributed by atoms with Crippen LogP contribution < -0.4 is 9.47 Å². The van der Waals surface area contributed by atoms with Crippen molar-refractivity contribution in [1.29, 1.82) is 0 Å². The minimum absolute atomic E-state index is 0.00310. The number of ketones is 1. The molecule has 4 nitrogen and oxygen atoms in total. The molecule has 0 N–H and O–H groups in total. The number of methoxy groups -OCH3 is 2. The molecule has 0 aliphatic carbocycles. The second-order valence-corrected chi connectivity index (χ2v) is 4.05. The van der Waals surface area contributed by atoms with E-state index in [-0.39, 0.29) is 5.78 Å². The number of aromatic nitrogens is 1. The maximum absolute atomic E-state index is 11.2. The molecule has 0 atom stereocenters. The number of benzene rings is 1. The van der Waals surface area contributed by atoms with Crippen LogP contribution in [0.25, 0.3) is 11.3 Å². The fraction of sp³-hybridized carbons (Fsp3) is 0.200. The van der Waals surface area contributed by atoms with Crippen LogP contribution in [0, 0.1) is 0 Å². The number of carbonyl (C=O) groups is 1. The van der Waals surface area contributed by atoms with Gasteiger partial charge in [0.05, 0.1) is 19.9 Å². The Morgan fingerprint density at radius 1 is 1.11 bits per heavy atom. The molecule has 0 radical (unpaired) electrons. The van der Waals surface area contributed by atoms with Crippen molar-refractivity contribution in [3.63, 3.8) is 0 Å². The van der Waals surface area contributed by atoms with E-state index >= 15 is 0 Å². The van der Waals surface area contributed by atoms with Gasteiger partial charge in [0.15, 0.2) is 5.78 Å². The lowest BCUT2D eigenvalue weighted by molar-refractivity contribution is 0.101. The molecular weight excluding hydrogens is 242 g/mol. The summed E-state index contributed by atoms with van der Waals surface area (Å²) >= 11 is 0. The first kappa shape index (κ1) is 13.1. The summed E-state index contributed by atoms with van der Waals surface area (Å²) in [6.45, 7) is 1.52. The number of hydrogen-bond acceptors (Lipinski definition) is 4. The SMILES string of the molecule is COc1ccc(OC)c(-c2ccc(C(C)=O)cn2)c1. The highest BCUT2D eigenvalue weighted by atomic mass is 16.5. The molecule has 1 heterocycles. The van der Waals surface area contributed by atoms with Gasteiger partial charge in [0, 0.05) is 17.3 Å². The first-order valence-electron chi connectivity index (χ1n) is 5.85. The smallest absolute Gasteiger partial charge is 0.161 e. The molecule has 0 spiro atoms. The van der Waals surface area contributed by atoms with E-state index in [1.54, 1.807) is 32.5 Å². The molecule has 1 aromatic heterocycles. The average Bonchev–Trinajstić information content (AvgIpc) is 2.46. The highest BCUT2D eigenvalue weighted by Crippen LogP contribution is 2.32. The Kier molecular flexibility index (Phi) is 3.80. The number of carbonyl (C=O) groups excluding carboxylic acids is 1. The van der Waals surface area contributed by atoms with Crippen LogP contribution in [0.5, 0.6) is 11.5 Å². The van der Waals surface area contributed by atoms with Crippen LogP contribution in [-0.2, 0) is 0 Å². The van der Waals surface area contributed by atoms with Gasteiger partial charge in [0.2, 0.25) is 0 Å². The number of rotatable bonds is 4. The van der Waals surface area contributed by atoms with Gasteiger partial charge in [-0.3, -0.25) is 9.78 Å². The fourth-order valence-corrected chi connectivity index (χ4v) is 1.78. The monoisotopic (exact) mass is 257 g/mol. The Hall–Kier alpha value is -2.36. The van der Waals surface area contributed by atoms with Crippen LogP contribution >= 0.6 is 0 Å². The van der Waals surface area contributed by atoms with Crippen molar-refractivity contribution in [3.05, 3.63) is 42.1 Å². The summed E-state index contributed by atoms with van der Waals surface area (Å²) < 4.78 is 10.5. The van der Waals surface area contributed by atoms with E-state index in [0.717, 1.165) is 17.0 Å². The van der Waals surface area contributed by atoms with Gasteiger partial charge in [-0.15, -0.1) is 0 Å². The largest absolute Gasteiger partial charge is 0.497 e. The van der Waals surface area contributed by atoms with Gasteiger partial charge in [-0.25, -0.2) is 0 Å². The summed E-state index contributed by atoms with van der Waals surface area (Å²) in [6, 6.07) is 9.06. The highest BCUT2D eigenvalue weighted by molar-refractivity contribution is 5.94. The van der Waals surface area contributed by atoms with Crippen molar-refractivity contribution >= 4 is 5.78 Å². The Morgan fingerprint density at radius 2 is 1.89 bits per heavy atom. The van der Waals surface area contributed by atoms with Crippen molar-refractivity contribution < 1.29 is 14.3 Å². The topological polar surface area (TPSA) is 48.4 Å². The molecule has 19 heavy (non-hydrogen) atoms. The van der Waals surface area contributed by atoms with Crippen molar-refractivity contribution in [2.24, 2.45) is 0 Å². The molecule has 1 aromatic carbocycles. The van der Waals surface area contributed by atoms with E-state index in [4.69, 9.17) is 9.47 Å². The van der Waals surface area contributed by atoms with Gasteiger partial charge >= 0.3 is 0 Å². The number of ether oxygens (including phenoxy) is 2. The average molecular weight is 257 g/mol. The van der Waals surface area contributed by atoms with Crippen molar-refractivity contribution in [2.45, 2.75) is 6.92 Å². The van der Waals surface area contributed by atoms with Crippen LogP contribution in [0.3, 0.4) is 0 Å². The molecule has 2 rings (SSSR count). The zero-order valence-corrected chi connectivity index (χ0v) is 11.1. The summed E-state index contributed by atoms with van der Waals surface area (Å²) in [7, 11) is 3.22. The van der Waals surface area contributed by atoms with Crippen LogP contribution in [0.4, 0.5) is 0 Å². The lowest BCUT2D eigenvalue weighted by atomic mass is 10.1. The predicted octanol–water partition coefficient (Wildman–Crippen LogP) is 2.97. The number of hydrogen-bond donors (Lipinski definition) is 0. The van der Waals surface area contributed by atoms with E-state index in [1.165, 1.54) is 6.92 Å². The molecule has 0 aliphatic rings. The molecular formula is C15H15NO3. The summed E-state index contributed by atoms with van der Waals surface area (Å²) in [4.78, 5) is 15.5. The van der Waals surface area contributed by atoms with Gasteiger partial charge in [0.1, 0.15) is 11.5 Å². The highest BCUT2D eigenvalue weighted by Gasteiger charge is 2.09. The Labute approximate surface area is 112 Å².